The van der Waals surface area contributed by atoms with Crippen molar-refractivity contribution in [2.45, 2.75) is 84.0 Å². The van der Waals surface area contributed by atoms with E-state index in [0.29, 0.717) is 0 Å². The first-order valence-electron chi connectivity index (χ1n) is 8.30. The highest BCUT2D eigenvalue weighted by Crippen LogP contribution is 2.54. The quantitative estimate of drug-likeness (QED) is 0.557. The average molecular weight is 234 g/mol. The number of hydrogen-bond acceptors (Lipinski definition) is 0. The van der Waals surface area contributed by atoms with Crippen molar-refractivity contribution in [2.75, 3.05) is 0 Å². The van der Waals surface area contributed by atoms with Gasteiger partial charge in [-0.25, -0.2) is 0 Å². The molecule has 98 valence electrons. The van der Waals surface area contributed by atoms with Crippen LogP contribution in [0.5, 0.6) is 0 Å². The lowest BCUT2D eigenvalue weighted by Gasteiger charge is -2.51. The van der Waals surface area contributed by atoms with Crippen molar-refractivity contribution < 1.29 is 0 Å². The van der Waals surface area contributed by atoms with Crippen LogP contribution in [0.1, 0.15) is 84.0 Å². The van der Waals surface area contributed by atoms with Gasteiger partial charge < -0.3 is 0 Å². The summed E-state index contributed by atoms with van der Waals surface area (Å²) in [5.74, 6) is 3.35. The van der Waals surface area contributed by atoms with E-state index in [-0.39, 0.29) is 0 Å². The van der Waals surface area contributed by atoms with Gasteiger partial charge in [-0.05, 0) is 48.9 Å². The lowest BCUT2D eigenvalue weighted by Crippen LogP contribution is -2.41. The van der Waals surface area contributed by atoms with E-state index in [1.165, 1.54) is 32.1 Å². The Morgan fingerprint density at radius 2 is 1.41 bits per heavy atom. The first-order valence-corrected chi connectivity index (χ1v) is 8.30. The molecule has 0 saturated heterocycles. The van der Waals surface area contributed by atoms with Gasteiger partial charge in [-0.1, -0.05) is 58.3 Å². The Morgan fingerprint density at radius 3 is 2.24 bits per heavy atom. The van der Waals surface area contributed by atoms with Crippen molar-refractivity contribution in [3.63, 3.8) is 0 Å². The van der Waals surface area contributed by atoms with Gasteiger partial charge in [0.2, 0.25) is 0 Å². The third kappa shape index (κ3) is 2.29. The SMILES string of the molecule is CC1(C2CCCC3CCCCC32)CCCCC1. The van der Waals surface area contributed by atoms with Crippen LogP contribution < -0.4 is 0 Å². The second-order valence-corrected chi connectivity index (χ2v) is 7.46. The van der Waals surface area contributed by atoms with Crippen LogP contribution in [-0.2, 0) is 0 Å². The second kappa shape index (κ2) is 4.94. The minimum absolute atomic E-state index is 0.735. The third-order valence-electron chi connectivity index (χ3n) is 6.47. The predicted octanol–water partition coefficient (Wildman–Crippen LogP) is 5.56. The highest BCUT2D eigenvalue weighted by Gasteiger charge is 2.44. The molecule has 3 saturated carbocycles. The van der Waals surface area contributed by atoms with Crippen molar-refractivity contribution in [3.05, 3.63) is 0 Å². The Labute approximate surface area is 108 Å². The summed E-state index contributed by atoms with van der Waals surface area (Å²) in [6, 6.07) is 0. The van der Waals surface area contributed by atoms with Crippen molar-refractivity contribution in [1.82, 2.24) is 0 Å². The minimum Gasteiger partial charge on any atom is -0.0594 e. The van der Waals surface area contributed by atoms with Gasteiger partial charge >= 0.3 is 0 Å². The van der Waals surface area contributed by atoms with Crippen LogP contribution in [0, 0.1) is 23.2 Å². The minimum atomic E-state index is 0.735. The number of hydrogen-bond donors (Lipinski definition) is 0. The fraction of sp³-hybridized carbons (Fsp3) is 1.00. The van der Waals surface area contributed by atoms with Crippen LogP contribution in [0.4, 0.5) is 0 Å². The number of fused-ring (bicyclic) bond motifs is 1. The summed E-state index contributed by atoms with van der Waals surface area (Å²) in [6.07, 6.45) is 18.5. The topological polar surface area (TPSA) is 0 Å². The van der Waals surface area contributed by atoms with Crippen LogP contribution in [0.25, 0.3) is 0 Å². The molecule has 3 aliphatic rings. The molecule has 3 aliphatic carbocycles. The van der Waals surface area contributed by atoms with Gasteiger partial charge in [0.1, 0.15) is 0 Å². The van der Waals surface area contributed by atoms with Crippen LogP contribution in [-0.4, -0.2) is 0 Å². The van der Waals surface area contributed by atoms with E-state index < -0.39 is 0 Å². The third-order valence-corrected chi connectivity index (χ3v) is 6.47. The fourth-order valence-electron chi connectivity index (χ4n) is 5.53. The normalized spacial score (nSPS) is 41.8. The maximum atomic E-state index is 2.65. The molecular formula is C17H30. The maximum absolute atomic E-state index is 2.65. The molecule has 0 heteroatoms. The van der Waals surface area contributed by atoms with Gasteiger partial charge in [-0.15, -0.1) is 0 Å². The molecule has 3 rings (SSSR count). The van der Waals surface area contributed by atoms with E-state index >= 15 is 0 Å². The van der Waals surface area contributed by atoms with Crippen molar-refractivity contribution in [3.8, 4) is 0 Å². The van der Waals surface area contributed by atoms with E-state index in [0.717, 1.165) is 23.2 Å². The summed E-state index contributed by atoms with van der Waals surface area (Å²) >= 11 is 0. The van der Waals surface area contributed by atoms with Crippen LogP contribution >= 0.6 is 0 Å². The predicted molar refractivity (Wildman–Crippen MR) is 74.0 cm³/mol. The molecule has 0 aromatic carbocycles. The molecule has 17 heavy (non-hydrogen) atoms. The van der Waals surface area contributed by atoms with E-state index in [4.69, 9.17) is 0 Å². The lowest BCUT2D eigenvalue weighted by molar-refractivity contribution is -0.00699. The van der Waals surface area contributed by atoms with Crippen LogP contribution in [0.3, 0.4) is 0 Å². The Hall–Kier alpha value is 0. The summed E-state index contributed by atoms with van der Waals surface area (Å²) in [7, 11) is 0. The van der Waals surface area contributed by atoms with E-state index in [1.807, 2.05) is 0 Å². The maximum Gasteiger partial charge on any atom is -0.0295 e. The van der Waals surface area contributed by atoms with Crippen molar-refractivity contribution in [1.29, 1.82) is 0 Å². The van der Waals surface area contributed by atoms with Crippen molar-refractivity contribution in [2.24, 2.45) is 23.2 Å². The van der Waals surface area contributed by atoms with Crippen molar-refractivity contribution >= 4 is 0 Å². The molecule has 0 amide bonds. The first-order chi connectivity index (χ1) is 8.30. The first kappa shape index (κ1) is 12.1. The highest BCUT2D eigenvalue weighted by molar-refractivity contribution is 4.94. The van der Waals surface area contributed by atoms with E-state index in [9.17, 15) is 0 Å². The fourth-order valence-corrected chi connectivity index (χ4v) is 5.53. The molecule has 3 unspecified atom stereocenters. The summed E-state index contributed by atoms with van der Waals surface area (Å²) < 4.78 is 0. The molecule has 0 spiro atoms. The standard InChI is InChI=1S/C17H30/c1-17(12-5-2-6-13-17)16-11-7-9-14-8-3-4-10-15(14)16/h14-16H,2-13H2,1H3. The summed E-state index contributed by atoms with van der Waals surface area (Å²) in [5, 5.41) is 0. The Bertz CT molecular complexity index is 247. The van der Waals surface area contributed by atoms with Gasteiger partial charge in [0.05, 0.1) is 0 Å². The number of rotatable bonds is 1. The molecule has 0 N–H and O–H groups in total. The zero-order valence-corrected chi connectivity index (χ0v) is 11.7. The monoisotopic (exact) mass is 234 g/mol. The second-order valence-electron chi connectivity index (χ2n) is 7.46. The molecule has 0 nitrogen and oxygen atoms in total. The zero-order valence-electron chi connectivity index (χ0n) is 11.7. The smallest absolute Gasteiger partial charge is 0.0295 e. The molecule has 0 aromatic rings. The Morgan fingerprint density at radius 1 is 0.706 bits per heavy atom. The van der Waals surface area contributed by atoms with E-state index in [2.05, 4.69) is 6.92 Å². The molecule has 0 radical (unpaired) electrons. The molecule has 0 bridgehead atoms. The lowest BCUT2D eigenvalue weighted by atomic mass is 9.54. The van der Waals surface area contributed by atoms with Gasteiger partial charge in [0.25, 0.3) is 0 Å². The zero-order chi connectivity index (χ0) is 11.7. The molecule has 3 fully saturated rings. The molecule has 0 aromatic heterocycles. The van der Waals surface area contributed by atoms with E-state index in [1.54, 1.807) is 44.9 Å². The molecular weight excluding hydrogens is 204 g/mol. The van der Waals surface area contributed by atoms with Gasteiger partial charge in [-0.2, -0.15) is 0 Å². The van der Waals surface area contributed by atoms with Gasteiger partial charge in [0.15, 0.2) is 0 Å². The highest BCUT2D eigenvalue weighted by atomic mass is 14.5. The van der Waals surface area contributed by atoms with Crippen LogP contribution in [0.2, 0.25) is 0 Å². The Balaban J connectivity index is 1.75. The van der Waals surface area contributed by atoms with Crippen LogP contribution in [0.15, 0.2) is 0 Å². The average Bonchev–Trinajstić information content (AvgIpc) is 2.39. The molecule has 0 aliphatic heterocycles. The summed E-state index contributed by atoms with van der Waals surface area (Å²) in [5.41, 5.74) is 0.735. The Kier molecular flexibility index (Phi) is 3.50. The van der Waals surface area contributed by atoms with Gasteiger partial charge in [0, 0.05) is 0 Å². The van der Waals surface area contributed by atoms with Gasteiger partial charge in [-0.3, -0.25) is 0 Å². The largest absolute Gasteiger partial charge is 0.0594 e. The molecule has 0 heterocycles. The summed E-state index contributed by atoms with van der Waals surface area (Å²) in [6.45, 7) is 2.65. The summed E-state index contributed by atoms with van der Waals surface area (Å²) in [4.78, 5) is 0. The molecule has 3 atom stereocenters.